The molecule has 0 atom stereocenters. The van der Waals surface area contributed by atoms with Gasteiger partial charge in [0.1, 0.15) is 5.75 Å². The number of esters is 1. The predicted molar refractivity (Wildman–Crippen MR) is 117 cm³/mol. The molecule has 1 N–H and O–H groups in total. The highest BCUT2D eigenvalue weighted by Crippen LogP contribution is 2.30. The van der Waals surface area contributed by atoms with Gasteiger partial charge in [-0.2, -0.15) is 8.78 Å². The zero-order chi connectivity index (χ0) is 24.4. The van der Waals surface area contributed by atoms with Gasteiger partial charge in [0, 0.05) is 27.9 Å². The van der Waals surface area contributed by atoms with Gasteiger partial charge in [0.2, 0.25) is 0 Å². The van der Waals surface area contributed by atoms with Crippen LogP contribution in [0.5, 0.6) is 5.75 Å². The van der Waals surface area contributed by atoms with Crippen molar-refractivity contribution < 1.29 is 37.4 Å². The van der Waals surface area contributed by atoms with Crippen LogP contribution in [0.15, 0.2) is 60.7 Å². The van der Waals surface area contributed by atoms with Gasteiger partial charge in [0.25, 0.3) is 5.91 Å². The molecule has 0 unspecified atom stereocenters. The highest BCUT2D eigenvalue weighted by atomic mass is 35.5. The number of ketones is 2. The molecule has 0 radical (unpaired) electrons. The number of anilines is 1. The predicted octanol–water partition coefficient (Wildman–Crippen LogP) is 4.51. The monoisotopic (exact) mass is 485 g/mol. The molecule has 0 saturated carbocycles. The van der Waals surface area contributed by atoms with Gasteiger partial charge in [0.15, 0.2) is 18.2 Å². The van der Waals surface area contributed by atoms with Gasteiger partial charge in [-0.05, 0) is 24.3 Å². The molecular weight excluding hydrogens is 472 g/mol. The maximum absolute atomic E-state index is 13.0. The molecule has 172 valence electrons. The van der Waals surface area contributed by atoms with Crippen molar-refractivity contribution in [1.82, 2.24) is 0 Å². The Labute approximate surface area is 196 Å². The van der Waals surface area contributed by atoms with Crippen molar-refractivity contribution in [3.63, 3.8) is 0 Å². The molecule has 34 heavy (non-hydrogen) atoms. The summed E-state index contributed by atoms with van der Waals surface area (Å²) in [4.78, 5) is 50.6. The number of carbonyl (C=O) groups is 4. The highest BCUT2D eigenvalue weighted by Gasteiger charge is 2.33. The van der Waals surface area contributed by atoms with Gasteiger partial charge in [-0.15, -0.1) is 0 Å². The lowest BCUT2D eigenvalue weighted by Crippen LogP contribution is -2.26. The molecule has 3 aromatic rings. The number of ether oxygens (including phenoxy) is 2. The fourth-order valence-electron chi connectivity index (χ4n) is 3.49. The van der Waals surface area contributed by atoms with E-state index in [4.69, 9.17) is 16.3 Å². The number of amides is 1. The first-order valence-corrected chi connectivity index (χ1v) is 10.2. The Morgan fingerprint density at radius 3 is 2.26 bits per heavy atom. The average molecular weight is 486 g/mol. The summed E-state index contributed by atoms with van der Waals surface area (Å²) in [7, 11) is 0. The molecule has 0 aromatic heterocycles. The van der Waals surface area contributed by atoms with Gasteiger partial charge >= 0.3 is 12.6 Å². The minimum Gasteiger partial charge on any atom is -0.452 e. The molecule has 3 aromatic carbocycles. The standard InChI is InChI=1S/C24H14ClF2NO6/c25-17-10-12(8-9-18(17)34-24(26)27)28-19(29)11-33-23(32)16-7-3-6-15-20(16)22(31)14-5-2-1-4-13(14)21(15)30/h1-10,24H,11H2,(H,28,29). The third-order valence-corrected chi connectivity index (χ3v) is 5.23. The van der Waals surface area contributed by atoms with Gasteiger partial charge in [0.05, 0.1) is 10.6 Å². The lowest BCUT2D eigenvalue weighted by Gasteiger charge is -2.19. The van der Waals surface area contributed by atoms with Crippen LogP contribution in [-0.2, 0) is 9.53 Å². The average Bonchev–Trinajstić information content (AvgIpc) is 2.82. The molecule has 0 saturated heterocycles. The van der Waals surface area contributed by atoms with Crippen molar-refractivity contribution in [2.45, 2.75) is 6.61 Å². The Morgan fingerprint density at radius 2 is 1.59 bits per heavy atom. The Balaban J connectivity index is 1.46. The maximum atomic E-state index is 13.0. The summed E-state index contributed by atoms with van der Waals surface area (Å²) in [6, 6.07) is 14.1. The number of hydrogen-bond acceptors (Lipinski definition) is 6. The number of halogens is 3. The van der Waals surface area contributed by atoms with E-state index in [-0.39, 0.29) is 44.3 Å². The zero-order valence-electron chi connectivity index (χ0n) is 17.1. The van der Waals surface area contributed by atoms with Crippen LogP contribution in [0.4, 0.5) is 14.5 Å². The van der Waals surface area contributed by atoms with Crippen LogP contribution >= 0.6 is 11.6 Å². The summed E-state index contributed by atoms with van der Waals surface area (Å²) >= 11 is 5.84. The Kier molecular flexibility index (Phi) is 6.38. The Hall–Kier alpha value is -4.11. The molecule has 0 fully saturated rings. The van der Waals surface area contributed by atoms with Gasteiger partial charge in [-0.25, -0.2) is 4.79 Å². The van der Waals surface area contributed by atoms with Gasteiger partial charge in [-0.3, -0.25) is 14.4 Å². The zero-order valence-corrected chi connectivity index (χ0v) is 17.9. The van der Waals surface area contributed by atoms with Crippen LogP contribution < -0.4 is 10.1 Å². The lowest BCUT2D eigenvalue weighted by molar-refractivity contribution is -0.119. The Morgan fingerprint density at radius 1 is 0.912 bits per heavy atom. The van der Waals surface area contributed by atoms with Gasteiger partial charge in [-0.1, -0.05) is 48.0 Å². The fraction of sp³-hybridized carbons (Fsp3) is 0.0833. The molecule has 0 aliphatic heterocycles. The third-order valence-electron chi connectivity index (χ3n) is 4.94. The molecular formula is C24H14ClF2NO6. The van der Waals surface area contributed by atoms with E-state index in [0.717, 1.165) is 6.07 Å². The molecule has 0 heterocycles. The third kappa shape index (κ3) is 4.51. The quantitative estimate of drug-likeness (QED) is 0.403. The smallest absolute Gasteiger partial charge is 0.387 e. The van der Waals surface area contributed by atoms with E-state index in [0.29, 0.717) is 0 Å². The highest BCUT2D eigenvalue weighted by molar-refractivity contribution is 6.32. The second kappa shape index (κ2) is 9.40. The molecule has 0 bridgehead atoms. The number of fused-ring (bicyclic) bond motifs is 2. The number of carbonyl (C=O) groups excluding carboxylic acids is 4. The van der Waals surface area contributed by atoms with E-state index in [1.54, 1.807) is 12.1 Å². The molecule has 7 nitrogen and oxygen atoms in total. The van der Waals surface area contributed by atoms with E-state index < -0.39 is 36.7 Å². The minimum absolute atomic E-state index is 0.0725. The van der Waals surface area contributed by atoms with Crippen molar-refractivity contribution in [1.29, 1.82) is 0 Å². The summed E-state index contributed by atoms with van der Waals surface area (Å²) in [5.41, 5.74) is 0.417. The molecule has 0 spiro atoms. The topological polar surface area (TPSA) is 98.8 Å². The summed E-state index contributed by atoms with van der Waals surface area (Å²) in [6.45, 7) is -3.77. The van der Waals surface area contributed by atoms with Crippen LogP contribution in [0.3, 0.4) is 0 Å². The minimum atomic E-state index is -3.06. The molecule has 1 aliphatic carbocycles. The molecule has 4 rings (SSSR count). The first kappa shape index (κ1) is 23.1. The largest absolute Gasteiger partial charge is 0.452 e. The molecule has 10 heteroatoms. The summed E-state index contributed by atoms with van der Waals surface area (Å²) < 4.78 is 33.9. The molecule has 1 aliphatic rings. The van der Waals surface area contributed by atoms with Crippen molar-refractivity contribution in [2.75, 3.05) is 11.9 Å². The number of nitrogens with one attached hydrogen (secondary N) is 1. The lowest BCUT2D eigenvalue weighted by atomic mass is 9.82. The second-order valence-corrected chi connectivity index (χ2v) is 7.49. The first-order chi connectivity index (χ1) is 16.3. The van der Waals surface area contributed by atoms with Crippen LogP contribution in [-0.4, -0.2) is 36.7 Å². The van der Waals surface area contributed by atoms with E-state index in [1.165, 1.54) is 42.5 Å². The SMILES string of the molecule is O=C(COC(=O)c1cccc2c1C(=O)c1ccccc1C2=O)Nc1ccc(OC(F)F)c(Cl)c1. The second-order valence-electron chi connectivity index (χ2n) is 7.08. The summed E-state index contributed by atoms with van der Waals surface area (Å²) in [6.07, 6.45) is 0. The van der Waals surface area contributed by atoms with E-state index in [2.05, 4.69) is 10.1 Å². The summed E-state index contributed by atoms with van der Waals surface area (Å²) in [5.74, 6) is -2.87. The van der Waals surface area contributed by atoms with Crippen molar-refractivity contribution in [2.24, 2.45) is 0 Å². The molecule has 1 amide bonds. The number of rotatable bonds is 6. The number of alkyl halides is 2. The normalized spacial score (nSPS) is 12.1. The Bertz CT molecular complexity index is 1340. The van der Waals surface area contributed by atoms with Crippen LogP contribution in [0.25, 0.3) is 0 Å². The van der Waals surface area contributed by atoms with Crippen molar-refractivity contribution in [3.8, 4) is 5.75 Å². The van der Waals surface area contributed by atoms with E-state index >= 15 is 0 Å². The fourth-order valence-corrected chi connectivity index (χ4v) is 3.72. The number of benzene rings is 3. The maximum Gasteiger partial charge on any atom is 0.387 e. The van der Waals surface area contributed by atoms with Crippen LogP contribution in [0.1, 0.15) is 42.2 Å². The van der Waals surface area contributed by atoms with E-state index in [9.17, 15) is 28.0 Å². The van der Waals surface area contributed by atoms with Crippen molar-refractivity contribution >= 4 is 40.7 Å². The number of hydrogen-bond donors (Lipinski definition) is 1. The van der Waals surface area contributed by atoms with Crippen LogP contribution in [0.2, 0.25) is 5.02 Å². The van der Waals surface area contributed by atoms with Crippen LogP contribution in [0, 0.1) is 0 Å². The first-order valence-electron chi connectivity index (χ1n) is 9.79. The summed E-state index contributed by atoms with van der Waals surface area (Å²) in [5, 5.41) is 2.24. The van der Waals surface area contributed by atoms with E-state index in [1.807, 2.05) is 0 Å². The van der Waals surface area contributed by atoms with Crippen molar-refractivity contribution in [3.05, 3.63) is 93.5 Å². The van der Waals surface area contributed by atoms with Gasteiger partial charge < -0.3 is 14.8 Å².